The average molecular weight is 394 g/mol. The fraction of sp³-hybridized carbons (Fsp3) is 0.316. The van der Waals surface area contributed by atoms with Crippen LogP contribution in [0.1, 0.15) is 24.4 Å². The Hall–Kier alpha value is -2.05. The van der Waals surface area contributed by atoms with Crippen LogP contribution in [-0.4, -0.2) is 38.6 Å². The van der Waals surface area contributed by atoms with Gasteiger partial charge in [-0.1, -0.05) is 35.9 Å². The number of carbonyl (C=O) groups excluding carboxylic acids is 1. The summed E-state index contributed by atoms with van der Waals surface area (Å²) in [7, 11) is -3.32. The minimum atomic E-state index is -3.32. The topological polar surface area (TPSA) is 63.7 Å². The standard InChI is InChI=1S/C19H20ClNO4S/c1-26(23,24)15-7-4-6-14(12-15)25-13-19(22)21-11-5-10-18(21)16-8-2-3-9-17(16)20/h2-4,6-9,12,18H,5,10-11,13H2,1H3/t18-/m0/s1. The Morgan fingerprint density at radius 2 is 2.00 bits per heavy atom. The van der Waals surface area contributed by atoms with E-state index in [4.69, 9.17) is 16.3 Å². The molecule has 0 saturated carbocycles. The van der Waals surface area contributed by atoms with Crippen LogP contribution >= 0.6 is 11.6 Å². The summed E-state index contributed by atoms with van der Waals surface area (Å²) >= 11 is 6.28. The Morgan fingerprint density at radius 1 is 1.23 bits per heavy atom. The highest BCUT2D eigenvalue weighted by Crippen LogP contribution is 2.35. The number of benzene rings is 2. The summed E-state index contributed by atoms with van der Waals surface area (Å²) in [6.07, 6.45) is 2.90. The molecular formula is C19H20ClNO4S. The molecule has 0 aliphatic carbocycles. The number of sulfone groups is 1. The number of likely N-dealkylation sites (tertiary alicyclic amines) is 1. The summed E-state index contributed by atoms with van der Waals surface area (Å²) in [5.41, 5.74) is 0.944. The molecule has 1 aliphatic heterocycles. The second kappa shape index (κ2) is 7.68. The number of amides is 1. The lowest BCUT2D eigenvalue weighted by Crippen LogP contribution is -2.34. The molecule has 0 aromatic heterocycles. The monoisotopic (exact) mass is 393 g/mol. The molecule has 1 fully saturated rings. The molecule has 3 rings (SSSR count). The number of hydrogen-bond acceptors (Lipinski definition) is 4. The highest BCUT2D eigenvalue weighted by atomic mass is 35.5. The van der Waals surface area contributed by atoms with Crippen molar-refractivity contribution >= 4 is 27.3 Å². The minimum absolute atomic E-state index is 0.0536. The zero-order chi connectivity index (χ0) is 18.7. The molecule has 1 atom stereocenters. The Kier molecular flexibility index (Phi) is 5.53. The summed E-state index contributed by atoms with van der Waals surface area (Å²) in [6, 6.07) is 13.6. The van der Waals surface area contributed by atoms with Crippen LogP contribution in [0, 0.1) is 0 Å². The molecule has 0 N–H and O–H groups in total. The molecule has 0 radical (unpaired) electrons. The van der Waals surface area contributed by atoms with Gasteiger partial charge >= 0.3 is 0 Å². The maximum absolute atomic E-state index is 12.6. The van der Waals surface area contributed by atoms with Gasteiger partial charge in [-0.25, -0.2) is 8.42 Å². The van der Waals surface area contributed by atoms with E-state index < -0.39 is 9.84 Å². The van der Waals surface area contributed by atoms with Crippen molar-refractivity contribution in [3.05, 3.63) is 59.1 Å². The van der Waals surface area contributed by atoms with Gasteiger partial charge < -0.3 is 9.64 Å². The summed E-state index contributed by atoms with van der Waals surface area (Å²) in [4.78, 5) is 14.6. The molecule has 7 heteroatoms. The molecule has 5 nitrogen and oxygen atoms in total. The number of hydrogen-bond donors (Lipinski definition) is 0. The zero-order valence-electron chi connectivity index (χ0n) is 14.4. The first kappa shape index (κ1) is 18.7. The van der Waals surface area contributed by atoms with Crippen molar-refractivity contribution in [2.45, 2.75) is 23.8 Å². The van der Waals surface area contributed by atoms with Crippen molar-refractivity contribution in [2.75, 3.05) is 19.4 Å². The van der Waals surface area contributed by atoms with E-state index in [2.05, 4.69) is 0 Å². The predicted molar refractivity (Wildman–Crippen MR) is 100 cm³/mol. The first-order valence-electron chi connectivity index (χ1n) is 8.33. The molecule has 0 bridgehead atoms. The Morgan fingerprint density at radius 3 is 2.73 bits per heavy atom. The largest absolute Gasteiger partial charge is 0.484 e. The van der Waals surface area contributed by atoms with E-state index in [-0.39, 0.29) is 23.5 Å². The Balaban J connectivity index is 1.69. The Bertz CT molecular complexity index is 913. The maximum atomic E-state index is 12.6. The SMILES string of the molecule is CS(=O)(=O)c1cccc(OCC(=O)N2CCC[C@H]2c2ccccc2Cl)c1. The second-order valence-corrected chi connectivity index (χ2v) is 8.73. The van der Waals surface area contributed by atoms with E-state index in [9.17, 15) is 13.2 Å². The molecule has 1 amide bonds. The molecule has 1 saturated heterocycles. The van der Waals surface area contributed by atoms with Crippen molar-refractivity contribution in [3.63, 3.8) is 0 Å². The molecule has 1 aliphatic rings. The second-order valence-electron chi connectivity index (χ2n) is 6.30. The molecular weight excluding hydrogens is 374 g/mol. The van der Waals surface area contributed by atoms with Gasteiger partial charge in [0.1, 0.15) is 5.75 Å². The van der Waals surface area contributed by atoms with Crippen LogP contribution in [0.5, 0.6) is 5.75 Å². The highest BCUT2D eigenvalue weighted by Gasteiger charge is 2.31. The first-order valence-corrected chi connectivity index (χ1v) is 10.6. The number of nitrogens with zero attached hydrogens (tertiary/aromatic N) is 1. The van der Waals surface area contributed by atoms with Crippen LogP contribution in [0.15, 0.2) is 53.4 Å². The normalized spacial score (nSPS) is 17.3. The van der Waals surface area contributed by atoms with E-state index in [1.165, 1.54) is 12.1 Å². The maximum Gasteiger partial charge on any atom is 0.261 e. The molecule has 0 unspecified atom stereocenters. The fourth-order valence-electron chi connectivity index (χ4n) is 3.16. The van der Waals surface area contributed by atoms with E-state index in [0.29, 0.717) is 17.3 Å². The van der Waals surface area contributed by atoms with Crippen LogP contribution in [0.25, 0.3) is 0 Å². The molecule has 138 valence electrons. The van der Waals surface area contributed by atoms with Crippen LogP contribution < -0.4 is 4.74 Å². The van der Waals surface area contributed by atoms with Gasteiger partial charge in [-0.05, 0) is 42.7 Å². The Labute approximate surface area is 158 Å². The van der Waals surface area contributed by atoms with Crippen molar-refractivity contribution in [2.24, 2.45) is 0 Å². The minimum Gasteiger partial charge on any atom is -0.484 e. The van der Waals surface area contributed by atoms with Gasteiger partial charge in [-0.15, -0.1) is 0 Å². The third-order valence-electron chi connectivity index (χ3n) is 4.43. The van der Waals surface area contributed by atoms with Crippen molar-refractivity contribution < 1.29 is 17.9 Å². The van der Waals surface area contributed by atoms with Gasteiger partial charge in [-0.2, -0.15) is 0 Å². The van der Waals surface area contributed by atoms with Gasteiger partial charge in [0.05, 0.1) is 10.9 Å². The highest BCUT2D eigenvalue weighted by molar-refractivity contribution is 7.90. The van der Waals surface area contributed by atoms with Crippen molar-refractivity contribution in [1.82, 2.24) is 4.90 Å². The molecule has 2 aromatic carbocycles. The summed E-state index contributed by atoms with van der Waals surface area (Å²) < 4.78 is 28.8. The van der Waals surface area contributed by atoms with Crippen molar-refractivity contribution in [3.8, 4) is 5.75 Å². The summed E-state index contributed by atoms with van der Waals surface area (Å²) in [6.45, 7) is 0.510. The number of ether oxygens (including phenoxy) is 1. The fourth-order valence-corrected chi connectivity index (χ4v) is 4.07. The van der Waals surface area contributed by atoms with Crippen LogP contribution in [0.2, 0.25) is 5.02 Å². The smallest absolute Gasteiger partial charge is 0.261 e. The quantitative estimate of drug-likeness (QED) is 0.780. The van der Waals surface area contributed by atoms with Crippen LogP contribution in [-0.2, 0) is 14.6 Å². The summed E-state index contributed by atoms with van der Waals surface area (Å²) in [5.74, 6) is 0.215. The zero-order valence-corrected chi connectivity index (χ0v) is 16.0. The first-order chi connectivity index (χ1) is 12.4. The number of halogens is 1. The van der Waals surface area contributed by atoms with Gasteiger partial charge in [0.25, 0.3) is 5.91 Å². The molecule has 26 heavy (non-hydrogen) atoms. The lowest BCUT2D eigenvalue weighted by molar-refractivity contribution is -0.134. The van der Waals surface area contributed by atoms with Gasteiger partial charge in [0.2, 0.25) is 0 Å². The van der Waals surface area contributed by atoms with Gasteiger partial charge in [-0.3, -0.25) is 4.79 Å². The van der Waals surface area contributed by atoms with Gasteiger partial charge in [0.15, 0.2) is 16.4 Å². The molecule has 2 aromatic rings. The van der Waals surface area contributed by atoms with E-state index in [1.807, 2.05) is 24.3 Å². The van der Waals surface area contributed by atoms with E-state index in [1.54, 1.807) is 17.0 Å². The van der Waals surface area contributed by atoms with Crippen LogP contribution in [0.4, 0.5) is 0 Å². The summed E-state index contributed by atoms with van der Waals surface area (Å²) in [5, 5.41) is 0.652. The molecule has 1 heterocycles. The lowest BCUT2D eigenvalue weighted by Gasteiger charge is -2.25. The third-order valence-corrected chi connectivity index (χ3v) is 5.89. The van der Waals surface area contributed by atoms with Crippen molar-refractivity contribution in [1.29, 1.82) is 0 Å². The van der Waals surface area contributed by atoms with Crippen LogP contribution in [0.3, 0.4) is 0 Å². The number of carbonyl (C=O) groups is 1. The van der Waals surface area contributed by atoms with E-state index >= 15 is 0 Å². The number of rotatable bonds is 5. The van der Waals surface area contributed by atoms with Gasteiger partial charge in [0, 0.05) is 17.8 Å². The third kappa shape index (κ3) is 4.19. The average Bonchev–Trinajstić information content (AvgIpc) is 3.09. The van der Waals surface area contributed by atoms with E-state index in [0.717, 1.165) is 24.7 Å². The lowest BCUT2D eigenvalue weighted by atomic mass is 10.0. The predicted octanol–water partition coefficient (Wildman–Crippen LogP) is 3.49. The molecule has 0 spiro atoms.